The topological polar surface area (TPSA) is 34.1 Å². The minimum absolute atomic E-state index is 0.241. The predicted molar refractivity (Wildman–Crippen MR) is 59.5 cm³/mol. The van der Waals surface area contributed by atoms with Gasteiger partial charge in [0.1, 0.15) is 0 Å². The van der Waals surface area contributed by atoms with Crippen LogP contribution in [0.2, 0.25) is 0 Å². The molecule has 1 aromatic carbocycles. The van der Waals surface area contributed by atoms with Gasteiger partial charge in [-0.3, -0.25) is 0 Å². The highest BCUT2D eigenvalue weighted by Crippen LogP contribution is 2.18. The van der Waals surface area contributed by atoms with Gasteiger partial charge in [-0.2, -0.15) is 0 Å². The van der Waals surface area contributed by atoms with Crippen molar-refractivity contribution < 1.29 is 8.42 Å². The van der Waals surface area contributed by atoms with Gasteiger partial charge in [-0.15, -0.1) is 0 Å². The third kappa shape index (κ3) is 3.16. The summed E-state index contributed by atoms with van der Waals surface area (Å²) in [7, 11) is 1.67. The molecule has 0 saturated heterocycles. The lowest BCUT2D eigenvalue weighted by molar-refractivity contribution is 0.614. The Hall–Kier alpha value is -0.800. The van der Waals surface area contributed by atoms with Crippen LogP contribution in [0.1, 0.15) is 18.9 Å². The first-order valence-electron chi connectivity index (χ1n) is 4.24. The van der Waals surface area contributed by atoms with E-state index >= 15 is 0 Å². The summed E-state index contributed by atoms with van der Waals surface area (Å²) >= 11 is 0. The fourth-order valence-electron chi connectivity index (χ4n) is 1.08. The summed E-state index contributed by atoms with van der Waals surface area (Å²) in [6, 6.07) is 9.23. The molecule has 0 aliphatic rings. The van der Waals surface area contributed by atoms with Crippen LogP contribution in [0.25, 0.3) is 6.08 Å². The van der Waals surface area contributed by atoms with Crippen LogP contribution in [0.5, 0.6) is 0 Å². The Labute approximate surface area is 88.6 Å². The summed E-state index contributed by atoms with van der Waals surface area (Å²) in [5.41, 5.74) is 0.841. The second-order valence-corrected chi connectivity index (χ2v) is 5.43. The van der Waals surface area contributed by atoms with Crippen molar-refractivity contribution in [2.75, 3.05) is 0 Å². The van der Waals surface area contributed by atoms with Crippen molar-refractivity contribution in [1.82, 2.24) is 0 Å². The lowest BCUT2D eigenvalue weighted by Crippen LogP contribution is -1.93. The normalized spacial score (nSPS) is 12.9. The third-order valence-corrected chi connectivity index (χ3v) is 3.42. The van der Waals surface area contributed by atoms with Crippen LogP contribution in [0.4, 0.5) is 0 Å². The molecule has 0 aromatic heterocycles. The average Bonchev–Trinajstić information content (AvgIpc) is 2.14. The fourth-order valence-corrected chi connectivity index (χ4v) is 2.16. The zero-order chi connectivity index (χ0) is 10.6. The standard InChI is InChI=1S/C10H11ClO2S/c1-2-10(14(11,12)13)8-9-6-4-3-5-7-9/h3-8H,2H2,1H3/b10-8+. The van der Waals surface area contributed by atoms with Gasteiger partial charge in [-0.1, -0.05) is 37.3 Å². The van der Waals surface area contributed by atoms with Gasteiger partial charge < -0.3 is 0 Å². The molecule has 0 atom stereocenters. The summed E-state index contributed by atoms with van der Waals surface area (Å²) in [4.78, 5) is 0.241. The number of benzene rings is 1. The van der Waals surface area contributed by atoms with E-state index in [1.165, 1.54) is 0 Å². The van der Waals surface area contributed by atoms with Crippen LogP contribution < -0.4 is 0 Å². The van der Waals surface area contributed by atoms with Gasteiger partial charge in [0.05, 0.1) is 4.91 Å². The zero-order valence-corrected chi connectivity index (χ0v) is 9.35. The van der Waals surface area contributed by atoms with E-state index in [2.05, 4.69) is 0 Å². The molecule has 0 N–H and O–H groups in total. The molecule has 0 aliphatic carbocycles. The predicted octanol–water partition coefficient (Wildman–Crippen LogP) is 3.01. The lowest BCUT2D eigenvalue weighted by atomic mass is 10.2. The third-order valence-electron chi connectivity index (χ3n) is 1.79. The highest BCUT2D eigenvalue weighted by Gasteiger charge is 2.11. The number of hydrogen-bond acceptors (Lipinski definition) is 2. The van der Waals surface area contributed by atoms with Crippen LogP contribution in [0.3, 0.4) is 0 Å². The van der Waals surface area contributed by atoms with Crippen molar-refractivity contribution in [1.29, 1.82) is 0 Å². The Morgan fingerprint density at radius 1 is 1.36 bits per heavy atom. The molecular weight excluding hydrogens is 220 g/mol. The van der Waals surface area contributed by atoms with E-state index in [0.717, 1.165) is 5.56 Å². The maximum Gasteiger partial charge on any atom is 0.257 e. The summed E-state index contributed by atoms with van der Waals surface area (Å²) < 4.78 is 22.1. The van der Waals surface area contributed by atoms with Crippen molar-refractivity contribution in [3.05, 3.63) is 40.8 Å². The molecule has 14 heavy (non-hydrogen) atoms. The Kier molecular flexibility index (Phi) is 3.72. The summed E-state index contributed by atoms with van der Waals surface area (Å²) in [5.74, 6) is 0. The van der Waals surface area contributed by atoms with E-state index in [9.17, 15) is 8.42 Å². The first-order chi connectivity index (χ1) is 6.54. The summed E-state index contributed by atoms with van der Waals surface area (Å²) in [6.07, 6.45) is 1.99. The van der Waals surface area contributed by atoms with E-state index in [1.807, 2.05) is 30.3 Å². The molecule has 1 rings (SSSR count). The molecule has 1 aromatic rings. The molecule has 0 saturated carbocycles. The molecule has 0 amide bonds. The molecule has 0 radical (unpaired) electrons. The Balaban J connectivity index is 3.09. The fraction of sp³-hybridized carbons (Fsp3) is 0.200. The Morgan fingerprint density at radius 2 is 1.93 bits per heavy atom. The van der Waals surface area contributed by atoms with Gasteiger partial charge in [-0.25, -0.2) is 8.42 Å². The highest BCUT2D eigenvalue weighted by atomic mass is 35.7. The van der Waals surface area contributed by atoms with E-state index in [1.54, 1.807) is 13.0 Å². The Bertz CT molecular complexity index is 421. The molecule has 0 spiro atoms. The van der Waals surface area contributed by atoms with Crippen LogP contribution in [0.15, 0.2) is 35.2 Å². The first kappa shape index (κ1) is 11.3. The zero-order valence-electron chi connectivity index (χ0n) is 7.77. The lowest BCUT2D eigenvalue weighted by Gasteiger charge is -1.99. The summed E-state index contributed by atoms with van der Waals surface area (Å²) in [5, 5.41) is 0. The van der Waals surface area contributed by atoms with Gasteiger partial charge >= 0.3 is 0 Å². The number of allylic oxidation sites excluding steroid dienone is 1. The molecule has 0 aliphatic heterocycles. The summed E-state index contributed by atoms with van der Waals surface area (Å²) in [6.45, 7) is 1.76. The molecule has 0 fully saturated rings. The SMILES string of the molecule is CC/C(=C\c1ccccc1)S(=O)(=O)Cl. The molecule has 0 heterocycles. The Morgan fingerprint density at radius 3 is 2.36 bits per heavy atom. The van der Waals surface area contributed by atoms with Gasteiger partial charge in [0.2, 0.25) is 0 Å². The molecule has 2 nitrogen and oxygen atoms in total. The van der Waals surface area contributed by atoms with Crippen LogP contribution >= 0.6 is 10.7 Å². The number of rotatable bonds is 3. The van der Waals surface area contributed by atoms with Gasteiger partial charge in [0.15, 0.2) is 0 Å². The molecule has 4 heteroatoms. The van der Waals surface area contributed by atoms with Gasteiger partial charge in [-0.05, 0) is 18.1 Å². The largest absolute Gasteiger partial charge is 0.257 e. The highest BCUT2D eigenvalue weighted by molar-refractivity contribution is 8.16. The van der Waals surface area contributed by atoms with E-state index < -0.39 is 9.05 Å². The van der Waals surface area contributed by atoms with Crippen LogP contribution in [-0.4, -0.2) is 8.42 Å². The smallest absolute Gasteiger partial charge is 0.207 e. The number of halogens is 1. The molecule has 0 bridgehead atoms. The van der Waals surface area contributed by atoms with Gasteiger partial charge in [0, 0.05) is 10.7 Å². The van der Waals surface area contributed by atoms with Crippen LogP contribution in [0, 0.1) is 0 Å². The molecule has 0 unspecified atom stereocenters. The first-order valence-corrected chi connectivity index (χ1v) is 6.55. The molecule has 76 valence electrons. The molecular formula is C10H11ClO2S. The van der Waals surface area contributed by atoms with Crippen molar-refractivity contribution in [3.63, 3.8) is 0 Å². The minimum Gasteiger partial charge on any atom is -0.207 e. The van der Waals surface area contributed by atoms with Crippen molar-refractivity contribution in [3.8, 4) is 0 Å². The van der Waals surface area contributed by atoms with Crippen molar-refractivity contribution in [2.45, 2.75) is 13.3 Å². The van der Waals surface area contributed by atoms with E-state index in [4.69, 9.17) is 10.7 Å². The second-order valence-electron chi connectivity index (χ2n) is 2.81. The maximum absolute atomic E-state index is 11.1. The van der Waals surface area contributed by atoms with Crippen molar-refractivity contribution >= 4 is 25.8 Å². The maximum atomic E-state index is 11.1. The van der Waals surface area contributed by atoms with E-state index in [-0.39, 0.29) is 4.91 Å². The minimum atomic E-state index is -3.58. The average molecular weight is 231 g/mol. The van der Waals surface area contributed by atoms with E-state index in [0.29, 0.717) is 6.42 Å². The quantitative estimate of drug-likeness (QED) is 0.748. The monoisotopic (exact) mass is 230 g/mol. The number of hydrogen-bond donors (Lipinski definition) is 0. The van der Waals surface area contributed by atoms with Crippen LogP contribution in [-0.2, 0) is 9.05 Å². The van der Waals surface area contributed by atoms with Crippen molar-refractivity contribution in [2.24, 2.45) is 0 Å². The second kappa shape index (κ2) is 4.62. The van der Waals surface area contributed by atoms with Gasteiger partial charge in [0.25, 0.3) is 9.05 Å².